The molecule has 0 bridgehead atoms. The number of rotatable bonds is 3. The van der Waals surface area contributed by atoms with Crippen LogP contribution < -0.4 is 4.72 Å². The second kappa shape index (κ2) is 5.35. The van der Waals surface area contributed by atoms with Gasteiger partial charge >= 0.3 is 0 Å². The predicted molar refractivity (Wildman–Crippen MR) is 77.9 cm³/mol. The molecule has 0 aromatic heterocycles. The van der Waals surface area contributed by atoms with Crippen molar-refractivity contribution in [3.05, 3.63) is 59.2 Å². The first-order valence-electron chi connectivity index (χ1n) is 6.02. The summed E-state index contributed by atoms with van der Waals surface area (Å²) in [4.78, 5) is 0.0810. The normalized spacial score (nSPS) is 10.8. The monoisotopic (exact) mass is 286 g/mol. The zero-order valence-electron chi connectivity index (χ0n) is 11.2. The van der Waals surface area contributed by atoms with Crippen LogP contribution in [0, 0.1) is 25.2 Å². The fourth-order valence-corrected chi connectivity index (χ4v) is 2.95. The molecule has 2 aromatic carbocycles. The standard InChI is InChI=1S/C15H14N2O2S/c1-11-6-7-12(2)15(8-11)17-20(18,19)14-5-3-4-13(9-14)10-16/h3-9,17H,1-2H3. The molecule has 0 saturated carbocycles. The highest BCUT2D eigenvalue weighted by molar-refractivity contribution is 7.92. The van der Waals surface area contributed by atoms with Crippen molar-refractivity contribution in [3.63, 3.8) is 0 Å². The summed E-state index contributed by atoms with van der Waals surface area (Å²) in [5, 5.41) is 8.83. The number of hydrogen-bond donors (Lipinski definition) is 1. The van der Waals surface area contributed by atoms with Crippen molar-refractivity contribution in [2.75, 3.05) is 4.72 Å². The number of benzene rings is 2. The van der Waals surface area contributed by atoms with Crippen LogP contribution in [-0.4, -0.2) is 8.42 Å². The van der Waals surface area contributed by atoms with E-state index in [1.807, 2.05) is 32.0 Å². The van der Waals surface area contributed by atoms with E-state index in [1.54, 1.807) is 18.2 Å². The maximum Gasteiger partial charge on any atom is 0.261 e. The van der Waals surface area contributed by atoms with E-state index < -0.39 is 10.0 Å². The first kappa shape index (κ1) is 14.1. The van der Waals surface area contributed by atoms with Crippen LogP contribution in [0.2, 0.25) is 0 Å². The van der Waals surface area contributed by atoms with Gasteiger partial charge in [0.2, 0.25) is 0 Å². The molecule has 2 aromatic rings. The minimum Gasteiger partial charge on any atom is -0.279 e. The molecule has 0 unspecified atom stereocenters. The minimum atomic E-state index is -3.69. The molecule has 0 spiro atoms. The van der Waals surface area contributed by atoms with Gasteiger partial charge in [0.25, 0.3) is 10.0 Å². The Hall–Kier alpha value is -2.32. The lowest BCUT2D eigenvalue weighted by molar-refractivity contribution is 0.601. The molecule has 0 aliphatic rings. The van der Waals surface area contributed by atoms with Crippen molar-refractivity contribution in [1.82, 2.24) is 0 Å². The molecule has 5 heteroatoms. The van der Waals surface area contributed by atoms with Gasteiger partial charge in [-0.2, -0.15) is 5.26 Å². The number of nitrogens with one attached hydrogen (secondary N) is 1. The summed E-state index contributed by atoms with van der Waals surface area (Å²) in [5.74, 6) is 0. The van der Waals surface area contributed by atoms with Crippen molar-refractivity contribution in [2.45, 2.75) is 18.7 Å². The predicted octanol–water partition coefficient (Wildman–Crippen LogP) is 2.98. The van der Waals surface area contributed by atoms with E-state index >= 15 is 0 Å². The van der Waals surface area contributed by atoms with Crippen LogP contribution in [0.1, 0.15) is 16.7 Å². The largest absolute Gasteiger partial charge is 0.279 e. The number of sulfonamides is 1. The van der Waals surface area contributed by atoms with Crippen LogP contribution in [0.5, 0.6) is 0 Å². The van der Waals surface area contributed by atoms with Crippen LogP contribution in [0.3, 0.4) is 0 Å². The van der Waals surface area contributed by atoms with E-state index in [2.05, 4.69) is 4.72 Å². The van der Waals surface area contributed by atoms with E-state index in [-0.39, 0.29) is 4.90 Å². The maximum absolute atomic E-state index is 12.3. The van der Waals surface area contributed by atoms with Crippen molar-refractivity contribution in [1.29, 1.82) is 5.26 Å². The fraction of sp³-hybridized carbons (Fsp3) is 0.133. The van der Waals surface area contributed by atoms with Gasteiger partial charge in [-0.3, -0.25) is 4.72 Å². The number of nitriles is 1. The Morgan fingerprint density at radius 1 is 1.10 bits per heavy atom. The van der Waals surface area contributed by atoms with E-state index in [4.69, 9.17) is 5.26 Å². The van der Waals surface area contributed by atoms with Gasteiger partial charge in [-0.25, -0.2) is 8.42 Å². The molecule has 0 heterocycles. The Balaban J connectivity index is 2.41. The smallest absolute Gasteiger partial charge is 0.261 e. The molecular formula is C15H14N2O2S. The summed E-state index contributed by atoms with van der Waals surface area (Å²) in [6, 6.07) is 13.4. The molecule has 0 aliphatic carbocycles. The molecule has 0 atom stereocenters. The van der Waals surface area contributed by atoms with Crippen LogP contribution in [0.4, 0.5) is 5.69 Å². The van der Waals surface area contributed by atoms with Crippen molar-refractivity contribution in [3.8, 4) is 6.07 Å². The summed E-state index contributed by atoms with van der Waals surface area (Å²) in [6.07, 6.45) is 0. The summed E-state index contributed by atoms with van der Waals surface area (Å²) in [5.41, 5.74) is 2.68. The van der Waals surface area contributed by atoms with Gasteiger partial charge in [0, 0.05) is 0 Å². The summed E-state index contributed by atoms with van der Waals surface area (Å²) in [7, 11) is -3.69. The second-order valence-electron chi connectivity index (χ2n) is 4.56. The molecule has 0 saturated heterocycles. The Morgan fingerprint density at radius 2 is 1.85 bits per heavy atom. The molecular weight excluding hydrogens is 272 g/mol. The van der Waals surface area contributed by atoms with E-state index in [9.17, 15) is 8.42 Å². The quantitative estimate of drug-likeness (QED) is 0.943. The third-order valence-electron chi connectivity index (χ3n) is 2.91. The third kappa shape index (κ3) is 2.98. The minimum absolute atomic E-state index is 0.0810. The maximum atomic E-state index is 12.3. The zero-order chi connectivity index (χ0) is 14.8. The average molecular weight is 286 g/mol. The zero-order valence-corrected chi connectivity index (χ0v) is 12.0. The molecule has 20 heavy (non-hydrogen) atoms. The molecule has 2 rings (SSSR count). The summed E-state index contributed by atoms with van der Waals surface area (Å²) >= 11 is 0. The molecule has 0 radical (unpaired) electrons. The van der Waals surface area contributed by atoms with Gasteiger partial charge in [-0.1, -0.05) is 18.2 Å². The number of nitrogens with zero attached hydrogens (tertiary/aromatic N) is 1. The first-order chi connectivity index (χ1) is 9.42. The molecule has 4 nitrogen and oxygen atoms in total. The first-order valence-corrected chi connectivity index (χ1v) is 7.51. The fourth-order valence-electron chi connectivity index (χ4n) is 1.78. The topological polar surface area (TPSA) is 70.0 Å². The molecule has 0 amide bonds. The van der Waals surface area contributed by atoms with Crippen molar-refractivity contribution in [2.24, 2.45) is 0 Å². The van der Waals surface area contributed by atoms with Gasteiger partial charge in [-0.05, 0) is 49.2 Å². The average Bonchev–Trinajstić information content (AvgIpc) is 2.43. The highest BCUT2D eigenvalue weighted by Gasteiger charge is 2.15. The number of aryl methyl sites for hydroxylation is 2. The number of anilines is 1. The van der Waals surface area contributed by atoms with Gasteiger partial charge < -0.3 is 0 Å². The third-order valence-corrected chi connectivity index (χ3v) is 4.27. The van der Waals surface area contributed by atoms with E-state index in [0.29, 0.717) is 11.3 Å². The Labute approximate surface area is 118 Å². The lowest BCUT2D eigenvalue weighted by Crippen LogP contribution is -2.14. The Kier molecular flexibility index (Phi) is 3.77. The van der Waals surface area contributed by atoms with Crippen LogP contribution in [0.25, 0.3) is 0 Å². The van der Waals surface area contributed by atoms with Crippen LogP contribution in [-0.2, 0) is 10.0 Å². The lowest BCUT2D eigenvalue weighted by Gasteiger charge is -2.11. The summed E-state index contributed by atoms with van der Waals surface area (Å²) < 4.78 is 27.2. The SMILES string of the molecule is Cc1ccc(C)c(NS(=O)(=O)c2cccc(C#N)c2)c1. The van der Waals surface area contributed by atoms with E-state index in [1.165, 1.54) is 12.1 Å². The molecule has 0 fully saturated rings. The lowest BCUT2D eigenvalue weighted by atomic mass is 10.1. The summed E-state index contributed by atoms with van der Waals surface area (Å²) in [6.45, 7) is 3.73. The van der Waals surface area contributed by atoms with Crippen LogP contribution in [0.15, 0.2) is 47.4 Å². The highest BCUT2D eigenvalue weighted by Crippen LogP contribution is 2.21. The molecule has 1 N–H and O–H groups in total. The van der Waals surface area contributed by atoms with Crippen molar-refractivity contribution < 1.29 is 8.42 Å². The molecule has 0 aliphatic heterocycles. The molecule has 102 valence electrons. The highest BCUT2D eigenvalue weighted by atomic mass is 32.2. The Bertz CT molecular complexity index is 790. The van der Waals surface area contributed by atoms with E-state index in [0.717, 1.165) is 11.1 Å². The van der Waals surface area contributed by atoms with Gasteiger partial charge in [-0.15, -0.1) is 0 Å². The van der Waals surface area contributed by atoms with Gasteiger partial charge in [0.05, 0.1) is 22.2 Å². The second-order valence-corrected chi connectivity index (χ2v) is 6.25. The van der Waals surface area contributed by atoms with Crippen molar-refractivity contribution >= 4 is 15.7 Å². The van der Waals surface area contributed by atoms with Crippen LogP contribution >= 0.6 is 0 Å². The number of hydrogen-bond acceptors (Lipinski definition) is 3. The van der Waals surface area contributed by atoms with Gasteiger partial charge in [0.15, 0.2) is 0 Å². The van der Waals surface area contributed by atoms with Gasteiger partial charge in [0.1, 0.15) is 0 Å². The Morgan fingerprint density at radius 3 is 2.55 bits per heavy atom.